The van der Waals surface area contributed by atoms with E-state index >= 15 is 0 Å². The van der Waals surface area contributed by atoms with Gasteiger partial charge in [-0.3, -0.25) is 4.79 Å². The molecule has 0 spiro atoms. The standard InChI is InChI=1S/C13H10ClFN2O/c14-9-5-3-7-11(16)12(9)17-13(18)8-4-1-2-6-10(8)15/h1-7H,16H2,(H,17,18). The molecule has 2 aromatic rings. The van der Waals surface area contributed by atoms with E-state index in [1.54, 1.807) is 24.3 Å². The third kappa shape index (κ3) is 2.43. The van der Waals surface area contributed by atoms with E-state index in [0.29, 0.717) is 10.7 Å². The van der Waals surface area contributed by atoms with E-state index in [1.807, 2.05) is 0 Å². The lowest BCUT2D eigenvalue weighted by molar-refractivity contribution is 0.102. The van der Waals surface area contributed by atoms with Crippen LogP contribution in [0.15, 0.2) is 42.5 Å². The Bertz CT molecular complexity index is 581. The van der Waals surface area contributed by atoms with Crippen LogP contribution in [0.1, 0.15) is 10.4 Å². The van der Waals surface area contributed by atoms with Crippen molar-refractivity contribution in [3.05, 3.63) is 58.9 Å². The number of hydrogen-bond acceptors (Lipinski definition) is 2. The molecule has 0 aromatic heterocycles. The van der Waals surface area contributed by atoms with Crippen molar-refractivity contribution in [1.29, 1.82) is 0 Å². The van der Waals surface area contributed by atoms with Gasteiger partial charge in [0.1, 0.15) is 5.82 Å². The molecule has 1 amide bonds. The molecule has 0 aliphatic rings. The number of rotatable bonds is 2. The molecule has 2 aromatic carbocycles. The molecule has 18 heavy (non-hydrogen) atoms. The molecule has 0 atom stereocenters. The van der Waals surface area contributed by atoms with Crippen molar-refractivity contribution in [3.63, 3.8) is 0 Å². The molecule has 0 aliphatic carbocycles. The molecule has 5 heteroatoms. The van der Waals surface area contributed by atoms with Gasteiger partial charge in [0.2, 0.25) is 0 Å². The van der Waals surface area contributed by atoms with Gasteiger partial charge in [-0.25, -0.2) is 4.39 Å². The van der Waals surface area contributed by atoms with Crippen LogP contribution in [0, 0.1) is 5.82 Å². The van der Waals surface area contributed by atoms with Crippen molar-refractivity contribution in [2.75, 3.05) is 11.1 Å². The van der Waals surface area contributed by atoms with Crippen molar-refractivity contribution >= 4 is 28.9 Å². The fraction of sp³-hybridized carbons (Fsp3) is 0. The van der Waals surface area contributed by atoms with Gasteiger partial charge in [-0.15, -0.1) is 0 Å². The van der Waals surface area contributed by atoms with Crippen molar-refractivity contribution in [2.24, 2.45) is 0 Å². The zero-order valence-electron chi connectivity index (χ0n) is 9.28. The van der Waals surface area contributed by atoms with Crippen molar-refractivity contribution in [1.82, 2.24) is 0 Å². The molecule has 3 N–H and O–H groups in total. The summed E-state index contributed by atoms with van der Waals surface area (Å²) in [4.78, 5) is 11.9. The minimum absolute atomic E-state index is 0.0585. The molecule has 0 saturated heterocycles. The van der Waals surface area contributed by atoms with E-state index in [9.17, 15) is 9.18 Å². The highest BCUT2D eigenvalue weighted by Crippen LogP contribution is 2.28. The number of nitrogen functional groups attached to an aromatic ring is 1. The normalized spacial score (nSPS) is 10.1. The van der Waals surface area contributed by atoms with Gasteiger partial charge in [0, 0.05) is 0 Å². The summed E-state index contributed by atoms with van der Waals surface area (Å²) in [5.74, 6) is -1.19. The molecule has 2 rings (SSSR count). The molecule has 0 heterocycles. The summed E-state index contributed by atoms with van der Waals surface area (Å²) in [5, 5.41) is 2.80. The molecule has 92 valence electrons. The minimum atomic E-state index is -0.597. The largest absolute Gasteiger partial charge is 0.397 e. The zero-order valence-corrected chi connectivity index (χ0v) is 10.0. The van der Waals surface area contributed by atoms with E-state index in [4.69, 9.17) is 17.3 Å². The smallest absolute Gasteiger partial charge is 0.258 e. The SMILES string of the molecule is Nc1cccc(Cl)c1NC(=O)c1ccccc1F. The summed E-state index contributed by atoms with van der Waals surface area (Å²) in [6.45, 7) is 0. The summed E-state index contributed by atoms with van der Waals surface area (Å²) in [6, 6.07) is 10.5. The third-order valence-electron chi connectivity index (χ3n) is 2.40. The Morgan fingerprint density at radius 2 is 1.89 bits per heavy atom. The Kier molecular flexibility index (Phi) is 3.48. The lowest BCUT2D eigenvalue weighted by Gasteiger charge is -2.10. The van der Waals surface area contributed by atoms with E-state index in [1.165, 1.54) is 18.2 Å². The highest BCUT2D eigenvalue weighted by molar-refractivity contribution is 6.34. The fourth-order valence-corrected chi connectivity index (χ4v) is 1.73. The molecule has 0 fully saturated rings. The highest BCUT2D eigenvalue weighted by Gasteiger charge is 2.13. The Balaban J connectivity index is 2.30. The van der Waals surface area contributed by atoms with Crippen molar-refractivity contribution < 1.29 is 9.18 Å². The monoisotopic (exact) mass is 264 g/mol. The lowest BCUT2D eigenvalue weighted by atomic mass is 10.2. The first-order chi connectivity index (χ1) is 8.59. The predicted molar refractivity (Wildman–Crippen MR) is 70.2 cm³/mol. The zero-order chi connectivity index (χ0) is 13.1. The Hall–Kier alpha value is -2.07. The number of nitrogens with one attached hydrogen (secondary N) is 1. The summed E-state index contributed by atoms with van der Waals surface area (Å²) in [7, 11) is 0. The van der Waals surface area contributed by atoms with Crippen LogP contribution in [0.25, 0.3) is 0 Å². The summed E-state index contributed by atoms with van der Waals surface area (Å²) in [6.07, 6.45) is 0. The molecular formula is C13H10ClFN2O. The number of hydrogen-bond donors (Lipinski definition) is 2. The molecule has 3 nitrogen and oxygen atoms in total. The minimum Gasteiger partial charge on any atom is -0.397 e. The van der Waals surface area contributed by atoms with Crippen LogP contribution in [-0.4, -0.2) is 5.91 Å². The quantitative estimate of drug-likeness (QED) is 0.818. The molecular weight excluding hydrogens is 255 g/mol. The maximum absolute atomic E-state index is 13.4. The van der Waals surface area contributed by atoms with E-state index in [2.05, 4.69) is 5.32 Å². The number of benzene rings is 2. The summed E-state index contributed by atoms with van der Waals surface area (Å²) in [5.41, 5.74) is 6.25. The van der Waals surface area contributed by atoms with Gasteiger partial charge in [0.05, 0.1) is 22.0 Å². The molecule has 0 unspecified atom stereocenters. The van der Waals surface area contributed by atoms with Crippen molar-refractivity contribution in [3.8, 4) is 0 Å². The number of para-hydroxylation sites is 1. The maximum atomic E-state index is 13.4. The van der Waals surface area contributed by atoms with Gasteiger partial charge in [-0.1, -0.05) is 29.8 Å². The second-order valence-electron chi connectivity index (χ2n) is 3.64. The molecule has 0 aliphatic heterocycles. The predicted octanol–water partition coefficient (Wildman–Crippen LogP) is 3.31. The Morgan fingerprint density at radius 1 is 1.17 bits per heavy atom. The number of amides is 1. The van der Waals surface area contributed by atoms with Crippen molar-refractivity contribution in [2.45, 2.75) is 0 Å². The topological polar surface area (TPSA) is 55.1 Å². The lowest BCUT2D eigenvalue weighted by Crippen LogP contribution is -2.15. The second-order valence-corrected chi connectivity index (χ2v) is 4.05. The van der Waals surface area contributed by atoms with Gasteiger partial charge < -0.3 is 11.1 Å². The van der Waals surface area contributed by atoms with Gasteiger partial charge in [-0.2, -0.15) is 0 Å². The van der Waals surface area contributed by atoms with E-state index in [0.717, 1.165) is 0 Å². The average Bonchev–Trinajstić information content (AvgIpc) is 2.34. The number of anilines is 2. The highest BCUT2D eigenvalue weighted by atomic mass is 35.5. The van der Waals surface area contributed by atoms with Gasteiger partial charge in [0.25, 0.3) is 5.91 Å². The summed E-state index contributed by atoms with van der Waals surface area (Å²) < 4.78 is 13.4. The van der Waals surface area contributed by atoms with Crippen LogP contribution < -0.4 is 11.1 Å². The van der Waals surface area contributed by atoms with Gasteiger partial charge in [-0.05, 0) is 24.3 Å². The maximum Gasteiger partial charge on any atom is 0.258 e. The van der Waals surface area contributed by atoms with Crippen LogP contribution >= 0.6 is 11.6 Å². The van der Waals surface area contributed by atoms with Gasteiger partial charge >= 0.3 is 0 Å². The number of carbonyl (C=O) groups is 1. The van der Waals surface area contributed by atoms with Crippen LogP contribution in [0.3, 0.4) is 0 Å². The van der Waals surface area contributed by atoms with Crippen LogP contribution in [0.2, 0.25) is 5.02 Å². The summed E-state index contributed by atoms with van der Waals surface area (Å²) >= 11 is 5.91. The first kappa shape index (κ1) is 12.4. The average molecular weight is 265 g/mol. The van der Waals surface area contributed by atoms with E-state index < -0.39 is 11.7 Å². The number of carbonyl (C=O) groups excluding carboxylic acids is 1. The molecule has 0 bridgehead atoms. The Labute approximate surface area is 108 Å². The van der Waals surface area contributed by atoms with E-state index in [-0.39, 0.29) is 11.3 Å². The first-order valence-corrected chi connectivity index (χ1v) is 5.57. The first-order valence-electron chi connectivity index (χ1n) is 5.19. The van der Waals surface area contributed by atoms with Crippen LogP contribution in [0.5, 0.6) is 0 Å². The second kappa shape index (κ2) is 5.06. The number of nitrogens with two attached hydrogens (primary N) is 1. The fourth-order valence-electron chi connectivity index (χ4n) is 1.50. The molecule has 0 saturated carbocycles. The van der Waals surface area contributed by atoms with Crippen LogP contribution in [0.4, 0.5) is 15.8 Å². The van der Waals surface area contributed by atoms with Gasteiger partial charge in [0.15, 0.2) is 0 Å². The number of halogens is 2. The van der Waals surface area contributed by atoms with Crippen LogP contribution in [-0.2, 0) is 0 Å². The third-order valence-corrected chi connectivity index (χ3v) is 2.72. The molecule has 0 radical (unpaired) electrons. The Morgan fingerprint density at radius 3 is 2.56 bits per heavy atom.